The SMILES string of the molecule is ON(O)c1cc(Br)c2ncccc2c1. The summed E-state index contributed by atoms with van der Waals surface area (Å²) < 4.78 is 0.721. The van der Waals surface area contributed by atoms with Crippen LogP contribution in [0.5, 0.6) is 0 Å². The van der Waals surface area contributed by atoms with Crippen LogP contribution in [0.25, 0.3) is 10.9 Å². The highest BCUT2D eigenvalue weighted by Gasteiger charge is 2.05. The minimum absolute atomic E-state index is 0.0806. The predicted octanol–water partition coefficient (Wildman–Crippen LogP) is 2.58. The third-order valence-corrected chi connectivity index (χ3v) is 2.48. The highest BCUT2D eigenvalue weighted by molar-refractivity contribution is 9.10. The van der Waals surface area contributed by atoms with E-state index in [9.17, 15) is 0 Å². The molecule has 0 unspecified atom stereocenters. The number of anilines is 1. The molecule has 0 aliphatic heterocycles. The summed E-state index contributed by atoms with van der Waals surface area (Å²) in [5.74, 6) is 0. The van der Waals surface area contributed by atoms with Crippen molar-refractivity contribution in [2.24, 2.45) is 0 Å². The first-order chi connectivity index (χ1) is 6.68. The van der Waals surface area contributed by atoms with E-state index < -0.39 is 0 Å². The number of benzene rings is 1. The Morgan fingerprint density at radius 3 is 2.79 bits per heavy atom. The van der Waals surface area contributed by atoms with Gasteiger partial charge in [0.05, 0.1) is 11.2 Å². The van der Waals surface area contributed by atoms with Crippen molar-refractivity contribution in [3.8, 4) is 0 Å². The molecule has 4 nitrogen and oxygen atoms in total. The Balaban J connectivity index is 2.72. The fourth-order valence-corrected chi connectivity index (χ4v) is 1.81. The zero-order valence-corrected chi connectivity index (χ0v) is 8.64. The summed E-state index contributed by atoms with van der Waals surface area (Å²) in [4.78, 5) is 4.15. The highest BCUT2D eigenvalue weighted by atomic mass is 79.9. The molecule has 0 aliphatic carbocycles. The van der Waals surface area contributed by atoms with Gasteiger partial charge in [0.15, 0.2) is 0 Å². The first-order valence-corrected chi connectivity index (χ1v) is 4.70. The summed E-state index contributed by atoms with van der Waals surface area (Å²) in [5, 5.41) is 18.6. The molecule has 1 heterocycles. The van der Waals surface area contributed by atoms with Gasteiger partial charge in [0.25, 0.3) is 0 Å². The lowest BCUT2D eigenvalue weighted by molar-refractivity contribution is 0.0292. The molecule has 0 amide bonds. The summed E-state index contributed by atoms with van der Waals surface area (Å²) in [7, 11) is 0. The molecule has 5 heteroatoms. The fourth-order valence-electron chi connectivity index (χ4n) is 1.25. The monoisotopic (exact) mass is 254 g/mol. The average molecular weight is 255 g/mol. The Morgan fingerprint density at radius 1 is 1.29 bits per heavy atom. The van der Waals surface area contributed by atoms with Crippen molar-refractivity contribution in [1.29, 1.82) is 0 Å². The molecule has 72 valence electrons. The number of hydrogen-bond acceptors (Lipinski definition) is 4. The molecular weight excluding hydrogens is 248 g/mol. The maximum atomic E-state index is 8.86. The number of halogens is 1. The van der Waals surface area contributed by atoms with Gasteiger partial charge in [-0.15, -0.1) is 5.23 Å². The van der Waals surface area contributed by atoms with Crippen molar-refractivity contribution in [1.82, 2.24) is 4.98 Å². The van der Waals surface area contributed by atoms with E-state index in [0.717, 1.165) is 15.4 Å². The van der Waals surface area contributed by atoms with E-state index in [1.54, 1.807) is 24.4 Å². The summed E-state index contributed by atoms with van der Waals surface area (Å²) in [6.45, 7) is 0. The Morgan fingerprint density at radius 2 is 2.07 bits per heavy atom. The number of rotatable bonds is 1. The van der Waals surface area contributed by atoms with Crippen LogP contribution in [0.4, 0.5) is 5.69 Å². The van der Waals surface area contributed by atoms with Gasteiger partial charge in [0.2, 0.25) is 0 Å². The second-order valence-electron chi connectivity index (χ2n) is 2.79. The zero-order valence-electron chi connectivity index (χ0n) is 7.05. The third kappa shape index (κ3) is 1.57. The van der Waals surface area contributed by atoms with Crippen LogP contribution in [0.2, 0.25) is 0 Å². The molecule has 0 saturated heterocycles. The summed E-state index contributed by atoms with van der Waals surface area (Å²) >= 11 is 3.30. The number of nitrogens with zero attached hydrogens (tertiary/aromatic N) is 2. The molecule has 0 fully saturated rings. The van der Waals surface area contributed by atoms with E-state index >= 15 is 0 Å². The molecule has 0 spiro atoms. The van der Waals surface area contributed by atoms with E-state index in [4.69, 9.17) is 10.4 Å². The second-order valence-corrected chi connectivity index (χ2v) is 3.65. The molecule has 0 atom stereocenters. The molecule has 0 radical (unpaired) electrons. The van der Waals surface area contributed by atoms with Crippen LogP contribution in [0, 0.1) is 0 Å². The first kappa shape index (κ1) is 9.39. The molecule has 0 saturated carbocycles. The van der Waals surface area contributed by atoms with E-state index in [2.05, 4.69) is 20.9 Å². The smallest absolute Gasteiger partial charge is 0.0961 e. The fraction of sp³-hybridized carbons (Fsp3) is 0. The normalized spacial score (nSPS) is 10.5. The van der Waals surface area contributed by atoms with Crippen LogP contribution in [0.3, 0.4) is 0 Å². The van der Waals surface area contributed by atoms with Gasteiger partial charge in [-0.1, -0.05) is 6.07 Å². The maximum Gasteiger partial charge on any atom is 0.0961 e. The number of aromatic nitrogens is 1. The van der Waals surface area contributed by atoms with Crippen molar-refractivity contribution in [2.75, 3.05) is 5.23 Å². The van der Waals surface area contributed by atoms with Crippen LogP contribution in [0.15, 0.2) is 34.9 Å². The molecule has 2 rings (SSSR count). The second kappa shape index (κ2) is 3.53. The molecule has 14 heavy (non-hydrogen) atoms. The number of fused-ring (bicyclic) bond motifs is 1. The highest BCUT2D eigenvalue weighted by Crippen LogP contribution is 2.27. The van der Waals surface area contributed by atoms with Crippen molar-refractivity contribution in [2.45, 2.75) is 0 Å². The van der Waals surface area contributed by atoms with Crippen LogP contribution in [-0.4, -0.2) is 15.4 Å². The van der Waals surface area contributed by atoms with Gasteiger partial charge < -0.3 is 0 Å². The molecule has 0 aliphatic rings. The Hall–Kier alpha value is -1.17. The van der Waals surface area contributed by atoms with Crippen molar-refractivity contribution in [3.63, 3.8) is 0 Å². The number of hydrogen-bond donors (Lipinski definition) is 2. The van der Waals surface area contributed by atoms with Crippen LogP contribution >= 0.6 is 15.9 Å². The molecule has 2 aromatic rings. The molecule has 2 N–H and O–H groups in total. The zero-order chi connectivity index (χ0) is 10.1. The van der Waals surface area contributed by atoms with Crippen molar-refractivity contribution in [3.05, 3.63) is 34.9 Å². The Kier molecular flexibility index (Phi) is 2.37. The van der Waals surface area contributed by atoms with E-state index in [0.29, 0.717) is 0 Å². The van der Waals surface area contributed by atoms with E-state index in [-0.39, 0.29) is 10.9 Å². The van der Waals surface area contributed by atoms with E-state index in [1.165, 1.54) is 0 Å². The summed E-state index contributed by atoms with van der Waals surface area (Å²) in [6, 6.07) is 6.85. The van der Waals surface area contributed by atoms with Crippen molar-refractivity contribution >= 4 is 32.5 Å². The van der Waals surface area contributed by atoms with Gasteiger partial charge in [-0.05, 0) is 34.1 Å². The lowest BCUT2D eigenvalue weighted by Crippen LogP contribution is -2.10. The van der Waals surface area contributed by atoms with Crippen LogP contribution in [0.1, 0.15) is 0 Å². The first-order valence-electron chi connectivity index (χ1n) is 3.90. The summed E-state index contributed by atoms with van der Waals surface area (Å²) in [5.41, 5.74) is 1.08. The molecule has 1 aromatic carbocycles. The largest absolute Gasteiger partial charge is 0.264 e. The molecular formula is C9H7BrN2O2. The minimum Gasteiger partial charge on any atom is -0.264 e. The Bertz CT molecular complexity index is 473. The average Bonchev–Trinajstić information content (AvgIpc) is 2.17. The van der Waals surface area contributed by atoms with Crippen LogP contribution < -0.4 is 5.23 Å². The molecule has 0 bridgehead atoms. The quantitative estimate of drug-likeness (QED) is 0.769. The Labute approximate surface area is 88.5 Å². The molecule has 1 aromatic heterocycles. The van der Waals surface area contributed by atoms with Gasteiger partial charge in [-0.3, -0.25) is 15.4 Å². The van der Waals surface area contributed by atoms with Gasteiger partial charge in [-0.2, -0.15) is 0 Å². The topological polar surface area (TPSA) is 56.6 Å². The van der Waals surface area contributed by atoms with Crippen molar-refractivity contribution < 1.29 is 10.4 Å². The van der Waals surface area contributed by atoms with Gasteiger partial charge in [-0.25, -0.2) is 0 Å². The summed E-state index contributed by atoms with van der Waals surface area (Å²) in [6.07, 6.45) is 1.68. The lowest BCUT2D eigenvalue weighted by atomic mass is 10.2. The van der Waals surface area contributed by atoms with Gasteiger partial charge >= 0.3 is 0 Å². The third-order valence-electron chi connectivity index (χ3n) is 1.87. The van der Waals surface area contributed by atoms with Crippen LogP contribution in [-0.2, 0) is 0 Å². The minimum atomic E-state index is 0.0806. The van der Waals surface area contributed by atoms with Gasteiger partial charge in [0, 0.05) is 16.1 Å². The lowest BCUT2D eigenvalue weighted by Gasteiger charge is -2.09. The predicted molar refractivity (Wildman–Crippen MR) is 55.5 cm³/mol. The van der Waals surface area contributed by atoms with E-state index in [1.807, 2.05) is 6.07 Å². The number of pyridine rings is 1. The standard InChI is InChI=1S/C9H7BrN2O2/c10-8-5-7(12(13)14)4-6-2-1-3-11-9(6)8/h1-5,13-14H. The maximum absolute atomic E-state index is 8.86. The van der Waals surface area contributed by atoms with Gasteiger partial charge in [0.1, 0.15) is 0 Å².